The SMILES string of the molecule is CN=C(NCc1ccc(F)c(COC)c1)N(C)Cc1cc(Cl)cn1C. The highest BCUT2D eigenvalue weighted by Gasteiger charge is 2.10. The summed E-state index contributed by atoms with van der Waals surface area (Å²) in [6.45, 7) is 1.46. The number of nitrogens with zero attached hydrogens (tertiary/aromatic N) is 3. The molecule has 25 heavy (non-hydrogen) atoms. The first-order valence-corrected chi connectivity index (χ1v) is 8.31. The highest BCUT2D eigenvalue weighted by Crippen LogP contribution is 2.15. The highest BCUT2D eigenvalue weighted by molar-refractivity contribution is 6.30. The Morgan fingerprint density at radius 1 is 1.40 bits per heavy atom. The summed E-state index contributed by atoms with van der Waals surface area (Å²) in [5.41, 5.74) is 2.59. The van der Waals surface area contributed by atoms with E-state index in [4.69, 9.17) is 16.3 Å². The summed E-state index contributed by atoms with van der Waals surface area (Å²) in [6.07, 6.45) is 1.87. The molecule has 0 fully saturated rings. The van der Waals surface area contributed by atoms with Gasteiger partial charge in [-0.05, 0) is 23.8 Å². The Kier molecular flexibility index (Phi) is 6.84. The van der Waals surface area contributed by atoms with Crippen molar-refractivity contribution in [3.05, 3.63) is 58.1 Å². The van der Waals surface area contributed by atoms with Gasteiger partial charge >= 0.3 is 0 Å². The van der Waals surface area contributed by atoms with Crippen LogP contribution >= 0.6 is 11.6 Å². The summed E-state index contributed by atoms with van der Waals surface area (Å²) in [7, 11) is 7.20. The smallest absolute Gasteiger partial charge is 0.194 e. The van der Waals surface area contributed by atoms with Crippen molar-refractivity contribution in [1.29, 1.82) is 0 Å². The normalized spacial score (nSPS) is 11.7. The second-order valence-corrected chi connectivity index (χ2v) is 6.31. The summed E-state index contributed by atoms with van der Waals surface area (Å²) in [5.74, 6) is 0.489. The Hall–Kier alpha value is -2.05. The van der Waals surface area contributed by atoms with E-state index in [0.717, 1.165) is 17.2 Å². The highest BCUT2D eigenvalue weighted by atomic mass is 35.5. The molecule has 0 aliphatic heterocycles. The lowest BCUT2D eigenvalue weighted by Gasteiger charge is -2.22. The molecule has 1 aromatic heterocycles. The molecule has 0 aliphatic rings. The lowest BCUT2D eigenvalue weighted by atomic mass is 10.1. The summed E-state index contributed by atoms with van der Waals surface area (Å²) >= 11 is 6.03. The Morgan fingerprint density at radius 3 is 2.76 bits per heavy atom. The first-order valence-electron chi connectivity index (χ1n) is 7.93. The molecule has 1 aromatic carbocycles. The summed E-state index contributed by atoms with van der Waals surface area (Å²) in [6, 6.07) is 6.95. The number of hydrogen-bond donors (Lipinski definition) is 1. The number of benzene rings is 1. The van der Waals surface area contributed by atoms with Crippen molar-refractivity contribution in [1.82, 2.24) is 14.8 Å². The fourth-order valence-electron chi connectivity index (χ4n) is 2.61. The maximum atomic E-state index is 13.7. The lowest BCUT2D eigenvalue weighted by molar-refractivity contribution is 0.181. The van der Waals surface area contributed by atoms with Gasteiger partial charge in [-0.25, -0.2) is 4.39 Å². The van der Waals surface area contributed by atoms with Gasteiger partial charge in [0.05, 0.1) is 18.2 Å². The second kappa shape index (κ2) is 8.87. The van der Waals surface area contributed by atoms with Crippen LogP contribution in [-0.2, 0) is 31.5 Å². The van der Waals surface area contributed by atoms with Gasteiger partial charge < -0.3 is 19.5 Å². The molecule has 7 heteroatoms. The van der Waals surface area contributed by atoms with Gasteiger partial charge in [0.15, 0.2) is 5.96 Å². The van der Waals surface area contributed by atoms with Gasteiger partial charge in [0.2, 0.25) is 0 Å². The Bertz CT molecular complexity index is 745. The van der Waals surface area contributed by atoms with Crippen LogP contribution in [0.4, 0.5) is 4.39 Å². The van der Waals surface area contributed by atoms with E-state index in [1.54, 1.807) is 26.3 Å². The number of aromatic nitrogens is 1. The molecule has 0 atom stereocenters. The maximum absolute atomic E-state index is 13.7. The molecule has 1 N–H and O–H groups in total. The van der Waals surface area contributed by atoms with Crippen molar-refractivity contribution in [3.63, 3.8) is 0 Å². The fraction of sp³-hybridized carbons (Fsp3) is 0.389. The molecule has 0 amide bonds. The fourth-order valence-corrected chi connectivity index (χ4v) is 2.88. The van der Waals surface area contributed by atoms with E-state index in [-0.39, 0.29) is 12.4 Å². The molecule has 0 radical (unpaired) electrons. The average molecular weight is 367 g/mol. The van der Waals surface area contributed by atoms with E-state index in [9.17, 15) is 4.39 Å². The van der Waals surface area contributed by atoms with E-state index in [1.807, 2.05) is 35.8 Å². The number of rotatable bonds is 6. The van der Waals surface area contributed by atoms with Crippen molar-refractivity contribution in [2.75, 3.05) is 21.2 Å². The molecule has 136 valence electrons. The number of halogens is 2. The number of aryl methyl sites for hydroxylation is 1. The summed E-state index contributed by atoms with van der Waals surface area (Å²) in [4.78, 5) is 6.31. The molecular formula is C18H24ClFN4O. The van der Waals surface area contributed by atoms with Crippen molar-refractivity contribution in [2.45, 2.75) is 19.7 Å². The van der Waals surface area contributed by atoms with Crippen molar-refractivity contribution in [2.24, 2.45) is 12.0 Å². The van der Waals surface area contributed by atoms with Crippen molar-refractivity contribution < 1.29 is 9.13 Å². The van der Waals surface area contributed by atoms with E-state index in [2.05, 4.69) is 10.3 Å². The summed E-state index contributed by atoms with van der Waals surface area (Å²) < 4.78 is 20.7. The standard InChI is InChI=1S/C18H24ClFN4O/c1-21-18(24(3)11-16-8-15(19)10-23(16)2)22-9-13-5-6-17(20)14(7-13)12-25-4/h5-8,10H,9,11-12H2,1-4H3,(H,21,22). The third-order valence-electron chi connectivity index (χ3n) is 3.91. The third-order valence-corrected chi connectivity index (χ3v) is 4.11. The minimum Gasteiger partial charge on any atom is -0.380 e. The minimum absolute atomic E-state index is 0.253. The van der Waals surface area contributed by atoms with Crippen LogP contribution in [0, 0.1) is 5.82 Å². The largest absolute Gasteiger partial charge is 0.380 e. The maximum Gasteiger partial charge on any atom is 0.194 e. The molecule has 0 aliphatic carbocycles. The second-order valence-electron chi connectivity index (χ2n) is 5.88. The number of nitrogens with one attached hydrogen (secondary N) is 1. The van der Waals surface area contributed by atoms with Gasteiger partial charge in [0, 0.05) is 52.3 Å². The topological polar surface area (TPSA) is 41.8 Å². The molecule has 0 saturated carbocycles. The van der Waals surface area contributed by atoms with Gasteiger partial charge in [-0.3, -0.25) is 4.99 Å². The first kappa shape index (κ1) is 19.3. The van der Waals surface area contributed by atoms with Crippen LogP contribution in [0.15, 0.2) is 35.5 Å². The molecule has 2 aromatic rings. The van der Waals surface area contributed by atoms with Crippen LogP contribution in [0.5, 0.6) is 0 Å². The van der Waals surface area contributed by atoms with E-state index >= 15 is 0 Å². The average Bonchev–Trinajstić information content (AvgIpc) is 2.88. The molecule has 2 rings (SSSR count). The van der Waals surface area contributed by atoms with E-state index < -0.39 is 0 Å². The predicted octanol–water partition coefficient (Wildman–Crippen LogP) is 3.17. The third kappa shape index (κ3) is 5.21. The Morgan fingerprint density at radius 2 is 2.16 bits per heavy atom. The van der Waals surface area contributed by atoms with Gasteiger partial charge in [0.25, 0.3) is 0 Å². The van der Waals surface area contributed by atoms with E-state index in [0.29, 0.717) is 23.7 Å². The van der Waals surface area contributed by atoms with Gasteiger partial charge in [-0.1, -0.05) is 17.7 Å². The van der Waals surface area contributed by atoms with Crippen LogP contribution in [0.25, 0.3) is 0 Å². The Labute approximate surface area is 153 Å². The zero-order valence-corrected chi connectivity index (χ0v) is 15.8. The lowest BCUT2D eigenvalue weighted by Crippen LogP contribution is -2.38. The van der Waals surface area contributed by atoms with Crippen molar-refractivity contribution in [3.8, 4) is 0 Å². The minimum atomic E-state index is -0.257. The van der Waals surface area contributed by atoms with E-state index in [1.165, 1.54) is 6.07 Å². The molecule has 1 heterocycles. The number of aliphatic imine (C=N–C) groups is 1. The number of guanidine groups is 1. The van der Waals surface area contributed by atoms with Gasteiger partial charge in [-0.2, -0.15) is 0 Å². The van der Waals surface area contributed by atoms with Crippen LogP contribution in [-0.4, -0.2) is 36.6 Å². The molecule has 0 unspecified atom stereocenters. The monoisotopic (exact) mass is 366 g/mol. The Balaban J connectivity index is 2.00. The molecule has 0 spiro atoms. The summed E-state index contributed by atoms with van der Waals surface area (Å²) in [5, 5.41) is 4.00. The van der Waals surface area contributed by atoms with Crippen LogP contribution in [0.3, 0.4) is 0 Å². The molecule has 0 saturated heterocycles. The van der Waals surface area contributed by atoms with Crippen molar-refractivity contribution >= 4 is 17.6 Å². The molecular weight excluding hydrogens is 343 g/mol. The quantitative estimate of drug-likeness (QED) is 0.630. The van der Waals surface area contributed by atoms with Gasteiger partial charge in [0.1, 0.15) is 5.82 Å². The molecule has 0 bridgehead atoms. The zero-order chi connectivity index (χ0) is 18.4. The van der Waals surface area contributed by atoms with Crippen LogP contribution in [0.2, 0.25) is 5.02 Å². The van der Waals surface area contributed by atoms with Gasteiger partial charge in [-0.15, -0.1) is 0 Å². The first-order chi connectivity index (χ1) is 11.9. The predicted molar refractivity (Wildman–Crippen MR) is 99.2 cm³/mol. The number of hydrogen-bond acceptors (Lipinski definition) is 2. The van der Waals surface area contributed by atoms with Crippen LogP contribution < -0.4 is 5.32 Å². The number of ether oxygens (including phenoxy) is 1. The zero-order valence-electron chi connectivity index (χ0n) is 15.0. The number of methoxy groups -OCH3 is 1. The van der Waals surface area contributed by atoms with Crippen LogP contribution in [0.1, 0.15) is 16.8 Å². The molecule has 5 nitrogen and oxygen atoms in total.